The molecule has 11 heteroatoms. The van der Waals surface area contributed by atoms with Crippen LogP contribution in [-0.4, -0.2) is 73.1 Å². The van der Waals surface area contributed by atoms with Gasteiger partial charge in [0.05, 0.1) is 18.2 Å². The second-order valence-electron chi connectivity index (χ2n) is 9.42. The van der Waals surface area contributed by atoms with Crippen LogP contribution in [0.2, 0.25) is 0 Å². The Hall–Kier alpha value is -2.99. The molecular weight excluding hydrogens is 512 g/mol. The fourth-order valence-electron chi connectivity index (χ4n) is 4.30. The number of likely N-dealkylation sites (N-methyl/N-ethyl adjacent to an activating group) is 1. The first kappa shape index (κ1) is 27.1. The number of nitrogens with one attached hydrogen (secondary N) is 1. The van der Waals surface area contributed by atoms with Gasteiger partial charge >= 0.3 is 0 Å². The van der Waals surface area contributed by atoms with Crippen LogP contribution in [0.1, 0.15) is 29.8 Å². The Morgan fingerprint density at radius 3 is 2.70 bits per heavy atom. The van der Waals surface area contributed by atoms with E-state index >= 15 is 0 Å². The molecule has 1 amide bonds. The zero-order valence-electron chi connectivity index (χ0n) is 21.1. The standard InChI is InChI=1S/C26H32N4O5S2/c1-18-14-30(19(2)17-31)26(32)22-13-21(28-37(33,34)25-5-4-12-36-25)6-7-23(22)35-24(18)16-29(3)15-20-8-10-27-11-9-20/h4-13,18-19,24,28,31H,14-17H2,1-3H3/t18-,19+,24+/m1/s1. The average Bonchev–Trinajstić information content (AvgIpc) is 3.43. The number of anilines is 1. The summed E-state index contributed by atoms with van der Waals surface area (Å²) in [4.78, 5) is 21.5. The monoisotopic (exact) mass is 544 g/mol. The number of thiophene rings is 1. The molecule has 0 saturated carbocycles. The van der Waals surface area contributed by atoms with E-state index in [1.807, 2.05) is 26.1 Å². The smallest absolute Gasteiger partial charge is 0.271 e. The fraction of sp³-hybridized carbons (Fsp3) is 0.385. The number of aliphatic hydroxyl groups is 1. The number of aromatic nitrogens is 1. The Bertz CT molecular complexity index is 1300. The molecule has 1 aliphatic heterocycles. The summed E-state index contributed by atoms with van der Waals surface area (Å²) < 4.78 is 34.7. The van der Waals surface area contributed by atoms with Gasteiger partial charge in [-0.15, -0.1) is 11.3 Å². The maximum absolute atomic E-state index is 13.6. The van der Waals surface area contributed by atoms with Crippen molar-refractivity contribution < 1.29 is 23.1 Å². The third-order valence-corrected chi connectivity index (χ3v) is 9.15. The second-order valence-corrected chi connectivity index (χ2v) is 12.3. The quantitative estimate of drug-likeness (QED) is 0.425. The highest BCUT2D eigenvalue weighted by Gasteiger charge is 2.33. The zero-order valence-corrected chi connectivity index (χ0v) is 22.7. The number of pyridine rings is 1. The van der Waals surface area contributed by atoms with Crippen molar-refractivity contribution in [2.24, 2.45) is 5.92 Å². The Labute approximate surface area is 221 Å². The Morgan fingerprint density at radius 1 is 1.27 bits per heavy atom. The zero-order chi connectivity index (χ0) is 26.6. The summed E-state index contributed by atoms with van der Waals surface area (Å²) in [5.74, 6) is 0.0419. The lowest BCUT2D eigenvalue weighted by Crippen LogP contribution is -2.49. The summed E-state index contributed by atoms with van der Waals surface area (Å²) >= 11 is 1.11. The van der Waals surface area contributed by atoms with Crippen LogP contribution in [0.15, 0.2) is 64.4 Å². The molecule has 0 saturated heterocycles. The molecule has 2 aromatic heterocycles. The first-order valence-corrected chi connectivity index (χ1v) is 14.4. The lowest BCUT2D eigenvalue weighted by Gasteiger charge is -2.38. The van der Waals surface area contributed by atoms with Crippen molar-refractivity contribution in [1.82, 2.24) is 14.8 Å². The van der Waals surface area contributed by atoms with Crippen LogP contribution >= 0.6 is 11.3 Å². The van der Waals surface area contributed by atoms with Gasteiger partial charge in [-0.05, 0) is 61.3 Å². The summed E-state index contributed by atoms with van der Waals surface area (Å²) in [5, 5.41) is 11.5. The topological polar surface area (TPSA) is 112 Å². The van der Waals surface area contributed by atoms with E-state index in [0.29, 0.717) is 25.4 Å². The minimum atomic E-state index is -3.78. The highest BCUT2D eigenvalue weighted by atomic mass is 32.2. The maximum Gasteiger partial charge on any atom is 0.271 e. The Balaban J connectivity index is 1.63. The van der Waals surface area contributed by atoms with Gasteiger partial charge in [0, 0.05) is 43.6 Å². The number of aliphatic hydroxyl groups excluding tert-OH is 1. The molecule has 3 heterocycles. The van der Waals surface area contributed by atoms with Crippen molar-refractivity contribution in [3.8, 4) is 5.75 Å². The number of benzene rings is 1. The number of hydrogen-bond donors (Lipinski definition) is 2. The summed E-state index contributed by atoms with van der Waals surface area (Å²) in [5.41, 5.74) is 1.64. The number of nitrogens with zero attached hydrogens (tertiary/aromatic N) is 3. The van der Waals surface area contributed by atoms with Gasteiger partial charge in [0.2, 0.25) is 0 Å². The third-order valence-electron chi connectivity index (χ3n) is 6.37. The van der Waals surface area contributed by atoms with E-state index in [4.69, 9.17) is 4.74 Å². The molecule has 0 aliphatic carbocycles. The average molecular weight is 545 g/mol. The van der Waals surface area contributed by atoms with Gasteiger partial charge < -0.3 is 14.7 Å². The van der Waals surface area contributed by atoms with Crippen molar-refractivity contribution in [2.45, 2.75) is 36.7 Å². The minimum absolute atomic E-state index is 0.0250. The van der Waals surface area contributed by atoms with E-state index in [1.165, 1.54) is 12.1 Å². The first-order chi connectivity index (χ1) is 17.7. The summed E-state index contributed by atoms with van der Waals surface area (Å²) in [6.45, 7) is 5.34. The summed E-state index contributed by atoms with van der Waals surface area (Å²) in [6, 6.07) is 11.4. The summed E-state index contributed by atoms with van der Waals surface area (Å²) in [7, 11) is -1.77. The number of carbonyl (C=O) groups is 1. The number of hydrogen-bond acceptors (Lipinski definition) is 8. The van der Waals surface area contributed by atoms with Crippen molar-refractivity contribution in [2.75, 3.05) is 31.5 Å². The minimum Gasteiger partial charge on any atom is -0.488 e. The summed E-state index contributed by atoms with van der Waals surface area (Å²) in [6.07, 6.45) is 3.28. The van der Waals surface area contributed by atoms with Crippen LogP contribution in [0.3, 0.4) is 0 Å². The van der Waals surface area contributed by atoms with Gasteiger partial charge in [-0.3, -0.25) is 19.4 Å². The number of rotatable bonds is 9. The largest absolute Gasteiger partial charge is 0.488 e. The lowest BCUT2D eigenvalue weighted by atomic mass is 9.99. The van der Waals surface area contributed by atoms with E-state index < -0.39 is 16.1 Å². The molecule has 1 aromatic carbocycles. The van der Waals surface area contributed by atoms with Crippen LogP contribution in [0, 0.1) is 5.92 Å². The van der Waals surface area contributed by atoms with E-state index in [9.17, 15) is 18.3 Å². The first-order valence-electron chi connectivity index (χ1n) is 12.0. The van der Waals surface area contributed by atoms with Gasteiger partial charge in [0.1, 0.15) is 16.1 Å². The number of carbonyl (C=O) groups excluding carboxylic acids is 1. The highest BCUT2D eigenvalue weighted by molar-refractivity contribution is 7.94. The molecule has 0 spiro atoms. The predicted octanol–water partition coefficient (Wildman–Crippen LogP) is 3.30. The Morgan fingerprint density at radius 2 is 2.03 bits per heavy atom. The third kappa shape index (κ3) is 6.48. The molecule has 9 nitrogen and oxygen atoms in total. The van der Waals surface area contributed by atoms with E-state index in [1.54, 1.807) is 47.8 Å². The van der Waals surface area contributed by atoms with Gasteiger partial charge in [-0.25, -0.2) is 8.42 Å². The van der Waals surface area contributed by atoms with Crippen LogP contribution in [0.25, 0.3) is 0 Å². The van der Waals surface area contributed by atoms with Crippen molar-refractivity contribution in [3.63, 3.8) is 0 Å². The van der Waals surface area contributed by atoms with Gasteiger partial charge in [0.25, 0.3) is 15.9 Å². The van der Waals surface area contributed by atoms with Crippen LogP contribution < -0.4 is 9.46 Å². The molecular formula is C26H32N4O5S2. The molecule has 3 atom stereocenters. The molecule has 3 aromatic rings. The highest BCUT2D eigenvalue weighted by Crippen LogP contribution is 2.32. The van der Waals surface area contributed by atoms with Crippen LogP contribution in [-0.2, 0) is 16.6 Å². The number of sulfonamides is 1. The van der Waals surface area contributed by atoms with Crippen LogP contribution in [0.4, 0.5) is 5.69 Å². The molecule has 37 heavy (non-hydrogen) atoms. The molecule has 4 rings (SSSR count). The normalized spacial score (nSPS) is 19.1. The molecule has 2 N–H and O–H groups in total. The molecule has 198 valence electrons. The molecule has 1 aliphatic rings. The maximum atomic E-state index is 13.6. The number of fused-ring (bicyclic) bond motifs is 1. The predicted molar refractivity (Wildman–Crippen MR) is 143 cm³/mol. The number of amides is 1. The fourth-order valence-corrected chi connectivity index (χ4v) is 6.34. The molecule has 0 bridgehead atoms. The molecule has 0 unspecified atom stereocenters. The van der Waals surface area contributed by atoms with E-state index in [0.717, 1.165) is 16.9 Å². The number of ether oxygens (including phenoxy) is 1. The molecule has 0 fully saturated rings. The molecule has 0 radical (unpaired) electrons. The van der Waals surface area contributed by atoms with Gasteiger partial charge in [-0.2, -0.15) is 0 Å². The lowest BCUT2D eigenvalue weighted by molar-refractivity contribution is 0.0341. The van der Waals surface area contributed by atoms with E-state index in [2.05, 4.69) is 14.6 Å². The second kappa shape index (κ2) is 11.6. The van der Waals surface area contributed by atoms with Crippen LogP contribution in [0.5, 0.6) is 5.75 Å². The van der Waals surface area contributed by atoms with Crippen molar-refractivity contribution in [1.29, 1.82) is 0 Å². The van der Waals surface area contributed by atoms with Crippen molar-refractivity contribution >= 4 is 33.0 Å². The van der Waals surface area contributed by atoms with Crippen molar-refractivity contribution in [3.05, 3.63) is 71.4 Å². The Kier molecular flexibility index (Phi) is 8.48. The van der Waals surface area contributed by atoms with E-state index in [-0.39, 0.29) is 40.0 Å². The van der Waals surface area contributed by atoms with Gasteiger partial charge in [-0.1, -0.05) is 13.0 Å². The SMILES string of the molecule is C[C@@H]1CN([C@@H](C)CO)C(=O)c2cc(NS(=O)(=O)c3cccs3)ccc2O[C@H]1CN(C)Cc1ccncc1. The van der Waals surface area contributed by atoms with Gasteiger partial charge in [0.15, 0.2) is 0 Å².